The Morgan fingerprint density at radius 1 is 0.939 bits per heavy atom. The molecule has 0 fully saturated rings. The van der Waals surface area contributed by atoms with Gasteiger partial charge in [0, 0.05) is 17.7 Å². The minimum atomic E-state index is -0.794. The minimum Gasteiger partial charge on any atom is -0.493 e. The van der Waals surface area contributed by atoms with E-state index in [0.717, 1.165) is 28.7 Å². The van der Waals surface area contributed by atoms with Crippen molar-refractivity contribution in [3.8, 4) is 16.9 Å². The molecule has 0 aliphatic carbocycles. The fourth-order valence-electron chi connectivity index (χ4n) is 3.66. The van der Waals surface area contributed by atoms with Crippen molar-refractivity contribution in [3.05, 3.63) is 89.5 Å². The van der Waals surface area contributed by atoms with Gasteiger partial charge in [0.15, 0.2) is 0 Å². The van der Waals surface area contributed by atoms with Gasteiger partial charge in [-0.15, -0.1) is 0 Å². The summed E-state index contributed by atoms with van der Waals surface area (Å²) in [5.74, 6) is -0.683. The molecule has 1 unspecified atom stereocenters. The Morgan fingerprint density at radius 3 is 2.27 bits per heavy atom. The first-order valence-electron chi connectivity index (χ1n) is 11.4. The van der Waals surface area contributed by atoms with Crippen LogP contribution in [-0.4, -0.2) is 23.6 Å². The third-order valence-electron chi connectivity index (χ3n) is 5.60. The van der Waals surface area contributed by atoms with Crippen molar-refractivity contribution in [3.63, 3.8) is 0 Å². The summed E-state index contributed by atoms with van der Waals surface area (Å²) in [6, 6.07) is 23.3. The van der Waals surface area contributed by atoms with Gasteiger partial charge in [-0.2, -0.15) is 0 Å². The van der Waals surface area contributed by atoms with Gasteiger partial charge in [-0.1, -0.05) is 68.4 Å². The van der Waals surface area contributed by atoms with E-state index in [9.17, 15) is 14.7 Å². The SMILES string of the molecule is CCCOc1ccc(CC(CC)C(=O)O)cc1CNC(=O)c1ccc(-c2ccccc2)cc1. The quantitative estimate of drug-likeness (QED) is 0.395. The second-order valence-corrected chi connectivity index (χ2v) is 8.06. The van der Waals surface area contributed by atoms with Crippen LogP contribution < -0.4 is 10.1 Å². The summed E-state index contributed by atoms with van der Waals surface area (Å²) in [5.41, 5.74) is 4.50. The molecule has 33 heavy (non-hydrogen) atoms. The summed E-state index contributed by atoms with van der Waals surface area (Å²) < 4.78 is 5.86. The summed E-state index contributed by atoms with van der Waals surface area (Å²) in [6.07, 6.45) is 1.88. The molecule has 0 aliphatic rings. The lowest BCUT2D eigenvalue weighted by atomic mass is 9.95. The maximum atomic E-state index is 12.8. The molecular weight excluding hydrogens is 414 g/mol. The van der Waals surface area contributed by atoms with E-state index in [1.165, 1.54) is 0 Å². The zero-order valence-electron chi connectivity index (χ0n) is 19.2. The number of carboxylic acid groups (broad SMARTS) is 1. The highest BCUT2D eigenvalue weighted by Crippen LogP contribution is 2.24. The van der Waals surface area contributed by atoms with Crippen LogP contribution in [0.4, 0.5) is 0 Å². The minimum absolute atomic E-state index is 0.168. The van der Waals surface area contributed by atoms with E-state index < -0.39 is 11.9 Å². The predicted molar refractivity (Wildman–Crippen MR) is 130 cm³/mol. The first kappa shape index (κ1) is 24.1. The highest BCUT2D eigenvalue weighted by molar-refractivity contribution is 5.94. The molecule has 0 spiro atoms. The average molecular weight is 446 g/mol. The Balaban J connectivity index is 1.71. The van der Waals surface area contributed by atoms with Gasteiger partial charge in [-0.05, 0) is 54.2 Å². The number of carboxylic acids is 1. The number of hydrogen-bond donors (Lipinski definition) is 2. The van der Waals surface area contributed by atoms with Crippen LogP contribution in [-0.2, 0) is 17.8 Å². The largest absolute Gasteiger partial charge is 0.493 e. The molecule has 0 saturated heterocycles. The Labute approximate surface area is 195 Å². The maximum absolute atomic E-state index is 12.8. The van der Waals surface area contributed by atoms with Crippen molar-refractivity contribution in [2.75, 3.05) is 6.61 Å². The fourth-order valence-corrected chi connectivity index (χ4v) is 3.66. The lowest BCUT2D eigenvalue weighted by Crippen LogP contribution is -2.23. The molecule has 5 nitrogen and oxygen atoms in total. The van der Waals surface area contributed by atoms with Gasteiger partial charge in [0.2, 0.25) is 0 Å². The van der Waals surface area contributed by atoms with Gasteiger partial charge in [0.25, 0.3) is 5.91 Å². The molecule has 172 valence electrons. The summed E-state index contributed by atoms with van der Waals surface area (Å²) >= 11 is 0. The van der Waals surface area contributed by atoms with E-state index in [4.69, 9.17) is 4.74 Å². The molecule has 0 aliphatic heterocycles. The molecule has 0 radical (unpaired) electrons. The lowest BCUT2D eigenvalue weighted by Gasteiger charge is -2.15. The number of benzene rings is 3. The molecule has 1 amide bonds. The lowest BCUT2D eigenvalue weighted by molar-refractivity contribution is -0.141. The zero-order chi connectivity index (χ0) is 23.6. The second kappa shape index (κ2) is 11.9. The molecule has 3 rings (SSSR count). The standard InChI is InChI=1S/C28H31NO4/c1-3-16-33-26-15-10-20(17-21(4-2)28(31)32)18-25(26)19-29-27(30)24-13-11-23(12-14-24)22-8-6-5-7-9-22/h5-15,18,21H,3-4,16-17,19H2,1-2H3,(H,29,30)(H,31,32). The molecule has 5 heteroatoms. The van der Waals surface area contributed by atoms with Crippen LogP contribution >= 0.6 is 0 Å². The summed E-state index contributed by atoms with van der Waals surface area (Å²) in [7, 11) is 0. The molecule has 0 aromatic heterocycles. The molecule has 0 saturated carbocycles. The van der Waals surface area contributed by atoms with Crippen LogP contribution in [0.2, 0.25) is 0 Å². The van der Waals surface area contributed by atoms with Gasteiger partial charge >= 0.3 is 5.97 Å². The number of rotatable bonds is 11. The van der Waals surface area contributed by atoms with Crippen LogP contribution in [0.25, 0.3) is 11.1 Å². The summed E-state index contributed by atoms with van der Waals surface area (Å²) in [4.78, 5) is 24.2. The molecule has 2 N–H and O–H groups in total. The van der Waals surface area contributed by atoms with E-state index in [2.05, 4.69) is 5.32 Å². The van der Waals surface area contributed by atoms with Gasteiger partial charge in [-0.3, -0.25) is 9.59 Å². The van der Waals surface area contributed by atoms with Crippen molar-refractivity contribution in [1.82, 2.24) is 5.32 Å². The van der Waals surface area contributed by atoms with Crippen LogP contribution in [0, 0.1) is 5.92 Å². The van der Waals surface area contributed by atoms with Crippen LogP contribution in [0.3, 0.4) is 0 Å². The average Bonchev–Trinajstić information content (AvgIpc) is 2.85. The zero-order valence-corrected chi connectivity index (χ0v) is 19.2. The van der Waals surface area contributed by atoms with Gasteiger partial charge in [0.05, 0.1) is 12.5 Å². The van der Waals surface area contributed by atoms with Crippen LogP contribution in [0.1, 0.15) is 48.2 Å². The number of nitrogens with one attached hydrogen (secondary N) is 1. The highest BCUT2D eigenvalue weighted by atomic mass is 16.5. The smallest absolute Gasteiger partial charge is 0.306 e. The Hall–Kier alpha value is -3.60. The first-order valence-corrected chi connectivity index (χ1v) is 11.4. The fraction of sp³-hybridized carbons (Fsp3) is 0.286. The number of hydrogen-bond acceptors (Lipinski definition) is 3. The molecule has 0 heterocycles. The van der Waals surface area contributed by atoms with Gasteiger partial charge in [-0.25, -0.2) is 0 Å². The van der Waals surface area contributed by atoms with E-state index in [1.54, 1.807) is 0 Å². The van der Waals surface area contributed by atoms with E-state index in [1.807, 2.05) is 86.6 Å². The van der Waals surface area contributed by atoms with Crippen molar-refractivity contribution in [2.24, 2.45) is 5.92 Å². The van der Waals surface area contributed by atoms with Crippen molar-refractivity contribution in [1.29, 1.82) is 0 Å². The summed E-state index contributed by atoms with van der Waals surface area (Å²) in [6.45, 7) is 4.79. The first-order chi connectivity index (χ1) is 16.0. The van der Waals surface area contributed by atoms with Crippen molar-refractivity contribution < 1.29 is 19.4 Å². The topological polar surface area (TPSA) is 75.6 Å². The van der Waals surface area contributed by atoms with Crippen LogP contribution in [0.5, 0.6) is 5.75 Å². The normalized spacial score (nSPS) is 11.6. The number of carbonyl (C=O) groups excluding carboxylic acids is 1. The summed E-state index contributed by atoms with van der Waals surface area (Å²) in [5, 5.41) is 12.4. The van der Waals surface area contributed by atoms with Crippen molar-refractivity contribution in [2.45, 2.75) is 39.7 Å². The van der Waals surface area contributed by atoms with Gasteiger partial charge in [0.1, 0.15) is 5.75 Å². The monoisotopic (exact) mass is 445 g/mol. The Morgan fingerprint density at radius 2 is 1.64 bits per heavy atom. The molecule has 3 aromatic carbocycles. The van der Waals surface area contributed by atoms with E-state index in [-0.39, 0.29) is 5.91 Å². The van der Waals surface area contributed by atoms with E-state index >= 15 is 0 Å². The Kier molecular flexibility index (Phi) is 8.64. The molecular formula is C28H31NO4. The maximum Gasteiger partial charge on any atom is 0.306 e. The molecule has 1 atom stereocenters. The van der Waals surface area contributed by atoms with Crippen LogP contribution in [0.15, 0.2) is 72.8 Å². The number of aliphatic carboxylic acids is 1. The number of carbonyl (C=O) groups is 2. The van der Waals surface area contributed by atoms with E-state index in [0.29, 0.717) is 37.3 Å². The molecule has 0 bridgehead atoms. The van der Waals surface area contributed by atoms with Crippen molar-refractivity contribution >= 4 is 11.9 Å². The highest BCUT2D eigenvalue weighted by Gasteiger charge is 2.17. The Bertz CT molecular complexity index is 1060. The third kappa shape index (κ3) is 6.69. The number of ether oxygens (including phenoxy) is 1. The number of amides is 1. The molecule has 3 aromatic rings. The second-order valence-electron chi connectivity index (χ2n) is 8.06. The predicted octanol–water partition coefficient (Wildman–Crippen LogP) is 5.73. The van der Waals surface area contributed by atoms with Gasteiger partial charge < -0.3 is 15.2 Å². The third-order valence-corrected chi connectivity index (χ3v) is 5.60.